The highest BCUT2D eigenvalue weighted by molar-refractivity contribution is 5.87. The van der Waals surface area contributed by atoms with Crippen molar-refractivity contribution < 1.29 is 9.53 Å². The Morgan fingerprint density at radius 2 is 1.64 bits per heavy atom. The molecule has 2 aromatic heterocycles. The zero-order valence-electron chi connectivity index (χ0n) is 25.0. The van der Waals surface area contributed by atoms with Gasteiger partial charge in [-0.15, -0.1) is 0 Å². The Bertz CT molecular complexity index is 1810. The van der Waals surface area contributed by atoms with Crippen LogP contribution in [0.5, 0.6) is 5.75 Å². The number of carbonyl (C=O) groups excluding carboxylic acids is 1. The second-order valence-corrected chi connectivity index (χ2v) is 11.2. The van der Waals surface area contributed by atoms with Crippen molar-refractivity contribution in [2.24, 2.45) is 0 Å². The highest BCUT2D eigenvalue weighted by Gasteiger charge is 2.23. The molecule has 4 aromatic carbocycles. The van der Waals surface area contributed by atoms with Gasteiger partial charge < -0.3 is 14.6 Å². The van der Waals surface area contributed by atoms with Gasteiger partial charge in [0.15, 0.2) is 0 Å². The van der Waals surface area contributed by atoms with Gasteiger partial charge >= 0.3 is 0 Å². The number of hydrogen-bond acceptors (Lipinski definition) is 3. The number of fused-ring (bicyclic) bond motifs is 1. The van der Waals surface area contributed by atoms with Gasteiger partial charge in [-0.05, 0) is 59.5 Å². The molecule has 6 rings (SSSR count). The van der Waals surface area contributed by atoms with Crippen molar-refractivity contribution in [3.63, 3.8) is 0 Å². The summed E-state index contributed by atoms with van der Waals surface area (Å²) in [5.74, 6) is 0.640. The number of para-hydroxylation sites is 1. The highest BCUT2D eigenvalue weighted by Crippen LogP contribution is 2.36. The molecule has 0 aliphatic rings. The molecule has 0 radical (unpaired) electrons. The summed E-state index contributed by atoms with van der Waals surface area (Å²) in [7, 11) is 0. The number of pyridine rings is 1. The van der Waals surface area contributed by atoms with Crippen LogP contribution in [0.3, 0.4) is 0 Å². The molecule has 0 aliphatic heterocycles. The lowest BCUT2D eigenvalue weighted by Crippen LogP contribution is -2.27. The van der Waals surface area contributed by atoms with E-state index < -0.39 is 0 Å². The molecular weight excluding hydrogens is 542 g/mol. The number of aryl methyl sites for hydroxylation is 1. The molecule has 0 bridgehead atoms. The maximum absolute atomic E-state index is 13.5. The van der Waals surface area contributed by atoms with Gasteiger partial charge in [-0.2, -0.15) is 0 Å². The van der Waals surface area contributed by atoms with Crippen molar-refractivity contribution in [3.8, 4) is 5.75 Å². The smallest absolute Gasteiger partial charge is 0.220 e. The summed E-state index contributed by atoms with van der Waals surface area (Å²) in [5.41, 5.74) is 7.90. The average molecular weight is 580 g/mol. The molecule has 1 amide bonds. The predicted molar refractivity (Wildman–Crippen MR) is 177 cm³/mol. The first-order chi connectivity index (χ1) is 21.6. The normalized spacial score (nSPS) is 11.8. The lowest BCUT2D eigenvalue weighted by atomic mass is 9.88. The third-order valence-electron chi connectivity index (χ3n) is 8.00. The third-order valence-corrected chi connectivity index (χ3v) is 8.00. The number of aromatic nitrogens is 2. The summed E-state index contributed by atoms with van der Waals surface area (Å²) in [6.07, 6.45) is 5.03. The molecule has 0 aliphatic carbocycles. The molecule has 0 unspecified atom stereocenters. The van der Waals surface area contributed by atoms with E-state index in [1.54, 1.807) is 6.20 Å². The first-order valence-electron chi connectivity index (χ1n) is 15.2. The fourth-order valence-electron chi connectivity index (χ4n) is 5.68. The minimum Gasteiger partial charge on any atom is -0.489 e. The van der Waals surface area contributed by atoms with Gasteiger partial charge in [0.25, 0.3) is 0 Å². The lowest BCUT2D eigenvalue weighted by Gasteiger charge is -2.18. The van der Waals surface area contributed by atoms with Crippen molar-refractivity contribution in [2.75, 3.05) is 6.54 Å². The number of benzene rings is 4. The number of hydrogen-bond donors (Lipinski definition) is 1. The van der Waals surface area contributed by atoms with Crippen LogP contribution < -0.4 is 10.1 Å². The standard InChI is InChI=1S/C39H37N3O2/c1-29-17-19-30(20-18-29)26-42-27-37(35-15-5-6-16-38(35)42)36(25-39(43)41-23-21-33-13-7-8-22-40-33)32-12-9-14-34(24-32)44-28-31-10-3-2-4-11-31/h2-20,22,24,27,36H,21,23,25-26,28H2,1H3,(H,41,43)/t36-/m1/s1. The zero-order valence-corrected chi connectivity index (χ0v) is 25.0. The summed E-state index contributed by atoms with van der Waals surface area (Å²) >= 11 is 0. The summed E-state index contributed by atoms with van der Waals surface area (Å²) in [6, 6.07) is 41.4. The van der Waals surface area contributed by atoms with E-state index in [2.05, 4.69) is 101 Å². The van der Waals surface area contributed by atoms with Crippen LogP contribution in [0.1, 0.15) is 45.8 Å². The van der Waals surface area contributed by atoms with Crippen LogP contribution in [0, 0.1) is 6.92 Å². The Morgan fingerprint density at radius 1 is 0.841 bits per heavy atom. The third kappa shape index (κ3) is 7.24. The molecule has 0 spiro atoms. The van der Waals surface area contributed by atoms with Crippen molar-refractivity contribution in [1.82, 2.24) is 14.9 Å². The topological polar surface area (TPSA) is 56.2 Å². The second-order valence-electron chi connectivity index (χ2n) is 11.2. The highest BCUT2D eigenvalue weighted by atomic mass is 16.5. The van der Waals surface area contributed by atoms with Gasteiger partial charge in [0.2, 0.25) is 5.91 Å². The molecule has 2 heterocycles. The maximum Gasteiger partial charge on any atom is 0.220 e. The Balaban J connectivity index is 1.30. The van der Waals surface area contributed by atoms with Crippen LogP contribution in [0.4, 0.5) is 0 Å². The zero-order chi connectivity index (χ0) is 30.1. The van der Waals surface area contributed by atoms with E-state index >= 15 is 0 Å². The molecule has 0 saturated heterocycles. The fourth-order valence-corrected chi connectivity index (χ4v) is 5.68. The predicted octanol–water partition coefficient (Wildman–Crippen LogP) is 7.85. The van der Waals surface area contributed by atoms with Gasteiger partial charge in [0.1, 0.15) is 12.4 Å². The molecule has 5 heteroatoms. The number of nitrogens with zero attached hydrogens (tertiary/aromatic N) is 2. The molecule has 1 N–H and O–H groups in total. The van der Waals surface area contributed by atoms with Crippen LogP contribution in [0.2, 0.25) is 0 Å². The van der Waals surface area contributed by atoms with E-state index in [1.807, 2.05) is 48.5 Å². The summed E-state index contributed by atoms with van der Waals surface area (Å²) in [4.78, 5) is 17.9. The van der Waals surface area contributed by atoms with Crippen molar-refractivity contribution in [2.45, 2.75) is 38.8 Å². The van der Waals surface area contributed by atoms with Gasteiger partial charge in [0.05, 0.1) is 0 Å². The van der Waals surface area contributed by atoms with E-state index in [1.165, 1.54) is 11.1 Å². The summed E-state index contributed by atoms with van der Waals surface area (Å²) in [6.45, 7) is 3.89. The van der Waals surface area contributed by atoms with Crippen molar-refractivity contribution in [3.05, 3.63) is 167 Å². The Morgan fingerprint density at radius 3 is 2.45 bits per heavy atom. The van der Waals surface area contributed by atoms with Crippen LogP contribution in [-0.4, -0.2) is 22.0 Å². The second kappa shape index (κ2) is 13.9. The first kappa shape index (κ1) is 28.9. The molecule has 1 atom stereocenters. The number of carbonyl (C=O) groups is 1. The van der Waals surface area contributed by atoms with E-state index in [0.29, 0.717) is 26.0 Å². The van der Waals surface area contributed by atoms with Gasteiger partial charge in [-0.1, -0.05) is 96.6 Å². The fraction of sp³-hybridized carbons (Fsp3) is 0.179. The van der Waals surface area contributed by atoms with E-state index in [9.17, 15) is 4.79 Å². The van der Waals surface area contributed by atoms with Gasteiger partial charge in [-0.25, -0.2) is 0 Å². The minimum atomic E-state index is -0.158. The monoisotopic (exact) mass is 579 g/mol. The minimum absolute atomic E-state index is 0.0110. The molecule has 5 nitrogen and oxygen atoms in total. The quantitative estimate of drug-likeness (QED) is 0.161. The molecular formula is C39H37N3O2. The van der Waals surface area contributed by atoms with Crippen LogP contribution >= 0.6 is 0 Å². The van der Waals surface area contributed by atoms with Gasteiger partial charge in [0, 0.05) is 60.8 Å². The molecule has 6 aromatic rings. The van der Waals surface area contributed by atoms with Crippen molar-refractivity contribution in [1.29, 1.82) is 0 Å². The maximum atomic E-state index is 13.5. The largest absolute Gasteiger partial charge is 0.489 e. The molecule has 44 heavy (non-hydrogen) atoms. The number of amides is 1. The van der Waals surface area contributed by atoms with Crippen LogP contribution in [0.15, 0.2) is 134 Å². The summed E-state index contributed by atoms with van der Waals surface area (Å²) in [5, 5.41) is 4.30. The molecule has 0 saturated carbocycles. The van der Waals surface area contributed by atoms with Crippen LogP contribution in [0.25, 0.3) is 10.9 Å². The Hall–Kier alpha value is -5.16. The Labute approximate surface area is 259 Å². The number of nitrogens with one attached hydrogen (secondary N) is 1. The Kier molecular flexibility index (Phi) is 9.12. The molecule has 220 valence electrons. The number of ether oxygens (including phenoxy) is 1. The summed E-state index contributed by atoms with van der Waals surface area (Å²) < 4.78 is 8.51. The van der Waals surface area contributed by atoms with Crippen molar-refractivity contribution >= 4 is 16.8 Å². The lowest BCUT2D eigenvalue weighted by molar-refractivity contribution is -0.121. The van der Waals surface area contributed by atoms with E-state index in [0.717, 1.165) is 45.6 Å². The number of rotatable bonds is 12. The van der Waals surface area contributed by atoms with E-state index in [-0.39, 0.29) is 11.8 Å². The van der Waals surface area contributed by atoms with E-state index in [4.69, 9.17) is 4.74 Å². The SMILES string of the molecule is Cc1ccc(Cn2cc([C@H](CC(=O)NCCc3ccccn3)c3cccc(OCc4ccccc4)c3)c3ccccc32)cc1. The first-order valence-corrected chi connectivity index (χ1v) is 15.2. The average Bonchev–Trinajstić information content (AvgIpc) is 3.42. The van der Waals surface area contributed by atoms with Gasteiger partial charge in [-0.3, -0.25) is 9.78 Å². The molecule has 0 fully saturated rings. The van der Waals surface area contributed by atoms with Crippen LogP contribution in [-0.2, 0) is 24.4 Å².